The van der Waals surface area contributed by atoms with E-state index in [1.54, 1.807) is 13.3 Å². The number of hydrogen-bond donors (Lipinski definition) is 1. The van der Waals surface area contributed by atoms with Crippen molar-refractivity contribution >= 4 is 17.2 Å². The normalized spacial score (nSPS) is 10.4. The number of aliphatic hydroxyl groups is 1. The van der Waals surface area contributed by atoms with Crippen LogP contribution in [0.2, 0.25) is 0 Å². The summed E-state index contributed by atoms with van der Waals surface area (Å²) in [6, 6.07) is 3.78. The molecular formula is C12H15N3O2S. The molecule has 0 fully saturated rings. The minimum absolute atomic E-state index is 0.0506. The summed E-state index contributed by atoms with van der Waals surface area (Å²) in [6.45, 7) is 0.652. The lowest BCUT2D eigenvalue weighted by Crippen LogP contribution is -2.16. The maximum atomic E-state index is 9.07. The van der Waals surface area contributed by atoms with Gasteiger partial charge < -0.3 is 14.7 Å². The average Bonchev–Trinajstić information content (AvgIpc) is 2.86. The summed E-state index contributed by atoms with van der Waals surface area (Å²) in [6.07, 6.45) is 1.69. The number of aromatic nitrogens is 2. The molecule has 2 aromatic heterocycles. The Labute approximate surface area is 110 Å². The Kier molecular flexibility index (Phi) is 4.11. The van der Waals surface area contributed by atoms with Crippen LogP contribution in [0.3, 0.4) is 0 Å². The molecule has 0 saturated heterocycles. The molecule has 0 aromatic carbocycles. The Morgan fingerprint density at radius 3 is 3.06 bits per heavy atom. The Hall–Kier alpha value is -1.66. The largest absolute Gasteiger partial charge is 0.480 e. The molecule has 0 spiro atoms. The number of nitrogens with zero attached hydrogens (tertiary/aromatic N) is 3. The summed E-state index contributed by atoms with van der Waals surface area (Å²) in [5.74, 6) is 0.670. The molecule has 18 heavy (non-hydrogen) atoms. The van der Waals surface area contributed by atoms with Crippen molar-refractivity contribution in [1.29, 1.82) is 0 Å². The third-order valence-corrected chi connectivity index (χ3v) is 3.27. The highest BCUT2D eigenvalue weighted by molar-refractivity contribution is 7.03. The van der Waals surface area contributed by atoms with Gasteiger partial charge >= 0.3 is 0 Å². The molecule has 0 atom stereocenters. The standard InChI is InChI=1S/C12H15N3O2S/c1-15(6-9-8-18-14-12(9)17-2)11-3-4-13-10(5-11)7-16/h3-5,8,16H,6-7H2,1-2H3. The van der Waals surface area contributed by atoms with Crippen LogP contribution in [0.1, 0.15) is 11.3 Å². The van der Waals surface area contributed by atoms with E-state index in [4.69, 9.17) is 9.84 Å². The van der Waals surface area contributed by atoms with Crippen LogP contribution in [-0.4, -0.2) is 28.6 Å². The summed E-state index contributed by atoms with van der Waals surface area (Å²) in [5, 5.41) is 11.0. The predicted molar refractivity (Wildman–Crippen MR) is 70.9 cm³/mol. The van der Waals surface area contributed by atoms with Crippen molar-refractivity contribution in [2.45, 2.75) is 13.2 Å². The third-order valence-electron chi connectivity index (χ3n) is 2.61. The molecule has 0 bridgehead atoms. The molecule has 0 unspecified atom stereocenters. The quantitative estimate of drug-likeness (QED) is 0.891. The number of methoxy groups -OCH3 is 1. The van der Waals surface area contributed by atoms with Gasteiger partial charge in [0.15, 0.2) is 0 Å². The number of hydrogen-bond acceptors (Lipinski definition) is 6. The molecule has 2 rings (SSSR count). The second-order valence-corrected chi connectivity index (χ2v) is 4.50. The number of rotatable bonds is 5. The lowest BCUT2D eigenvalue weighted by molar-refractivity contribution is 0.277. The van der Waals surface area contributed by atoms with Crippen molar-refractivity contribution in [3.05, 3.63) is 35.0 Å². The summed E-state index contributed by atoms with van der Waals surface area (Å²) in [4.78, 5) is 6.12. The van der Waals surface area contributed by atoms with Crippen molar-refractivity contribution < 1.29 is 9.84 Å². The van der Waals surface area contributed by atoms with Crippen LogP contribution in [0.15, 0.2) is 23.7 Å². The van der Waals surface area contributed by atoms with Gasteiger partial charge in [0.1, 0.15) is 0 Å². The second-order valence-electron chi connectivity index (χ2n) is 3.87. The van der Waals surface area contributed by atoms with Gasteiger partial charge in [-0.2, -0.15) is 4.37 Å². The van der Waals surface area contributed by atoms with Gasteiger partial charge in [0, 0.05) is 36.4 Å². The van der Waals surface area contributed by atoms with Crippen molar-refractivity contribution in [2.24, 2.45) is 0 Å². The fraction of sp³-hybridized carbons (Fsp3) is 0.333. The molecule has 0 amide bonds. The van der Waals surface area contributed by atoms with Gasteiger partial charge in [-0.05, 0) is 23.7 Å². The highest BCUT2D eigenvalue weighted by Gasteiger charge is 2.10. The molecule has 6 heteroatoms. The van der Waals surface area contributed by atoms with Gasteiger partial charge in [0.25, 0.3) is 0 Å². The maximum absolute atomic E-state index is 9.07. The van der Waals surface area contributed by atoms with Crippen LogP contribution in [0.25, 0.3) is 0 Å². The molecule has 2 heterocycles. The molecule has 1 N–H and O–H groups in total. The number of anilines is 1. The third kappa shape index (κ3) is 2.77. The average molecular weight is 265 g/mol. The first-order chi connectivity index (χ1) is 8.74. The van der Waals surface area contributed by atoms with E-state index in [1.165, 1.54) is 11.5 Å². The van der Waals surface area contributed by atoms with Gasteiger partial charge in [-0.25, -0.2) is 0 Å². The van der Waals surface area contributed by atoms with Gasteiger partial charge in [-0.15, -0.1) is 0 Å². The summed E-state index contributed by atoms with van der Waals surface area (Å²) < 4.78 is 9.34. The highest BCUT2D eigenvalue weighted by atomic mass is 32.1. The fourth-order valence-electron chi connectivity index (χ4n) is 1.66. The number of aliphatic hydroxyl groups excluding tert-OH is 1. The van der Waals surface area contributed by atoms with E-state index in [0.717, 1.165) is 11.3 Å². The molecule has 96 valence electrons. The Balaban J connectivity index is 2.13. The summed E-state index contributed by atoms with van der Waals surface area (Å²) in [7, 11) is 3.60. The van der Waals surface area contributed by atoms with E-state index in [2.05, 4.69) is 14.3 Å². The van der Waals surface area contributed by atoms with Crippen LogP contribution < -0.4 is 9.64 Å². The van der Waals surface area contributed by atoms with Gasteiger partial charge in [-0.1, -0.05) is 0 Å². The summed E-state index contributed by atoms with van der Waals surface area (Å²) in [5.41, 5.74) is 2.71. The van der Waals surface area contributed by atoms with Crippen molar-refractivity contribution in [1.82, 2.24) is 9.36 Å². The van der Waals surface area contributed by atoms with Gasteiger partial charge in [0.2, 0.25) is 5.88 Å². The molecule has 0 radical (unpaired) electrons. The van der Waals surface area contributed by atoms with E-state index in [9.17, 15) is 0 Å². The van der Waals surface area contributed by atoms with E-state index in [0.29, 0.717) is 18.1 Å². The SMILES string of the molecule is COc1nscc1CN(C)c1ccnc(CO)c1. The highest BCUT2D eigenvalue weighted by Crippen LogP contribution is 2.23. The van der Waals surface area contributed by atoms with Crippen molar-refractivity contribution in [2.75, 3.05) is 19.1 Å². The van der Waals surface area contributed by atoms with Gasteiger partial charge in [-0.3, -0.25) is 4.98 Å². The van der Waals surface area contributed by atoms with Crippen molar-refractivity contribution in [3.8, 4) is 5.88 Å². The van der Waals surface area contributed by atoms with E-state index in [-0.39, 0.29) is 6.61 Å². The van der Waals surface area contributed by atoms with Crippen molar-refractivity contribution in [3.63, 3.8) is 0 Å². The van der Waals surface area contributed by atoms with Crippen LogP contribution in [0, 0.1) is 0 Å². The van der Waals surface area contributed by atoms with Crippen LogP contribution in [-0.2, 0) is 13.2 Å². The first kappa shape index (κ1) is 12.8. The molecule has 0 aliphatic carbocycles. The van der Waals surface area contributed by atoms with Crippen LogP contribution in [0.4, 0.5) is 5.69 Å². The van der Waals surface area contributed by atoms with E-state index in [1.807, 2.05) is 24.6 Å². The van der Waals surface area contributed by atoms with E-state index >= 15 is 0 Å². The first-order valence-corrected chi connectivity index (χ1v) is 6.32. The summed E-state index contributed by atoms with van der Waals surface area (Å²) >= 11 is 1.38. The lowest BCUT2D eigenvalue weighted by Gasteiger charge is -2.19. The number of pyridine rings is 1. The topological polar surface area (TPSA) is 58.5 Å². The fourth-order valence-corrected chi connectivity index (χ4v) is 2.30. The van der Waals surface area contributed by atoms with Crippen LogP contribution >= 0.6 is 11.5 Å². The van der Waals surface area contributed by atoms with Crippen LogP contribution in [0.5, 0.6) is 5.88 Å². The smallest absolute Gasteiger partial charge is 0.229 e. The van der Waals surface area contributed by atoms with E-state index < -0.39 is 0 Å². The minimum atomic E-state index is -0.0506. The molecule has 0 aliphatic heterocycles. The number of ether oxygens (including phenoxy) is 1. The zero-order valence-corrected chi connectivity index (χ0v) is 11.1. The predicted octanol–water partition coefficient (Wildman–Crippen LogP) is 1.68. The molecule has 0 aliphatic rings. The molecule has 5 nitrogen and oxygen atoms in total. The Morgan fingerprint density at radius 1 is 1.50 bits per heavy atom. The Bertz CT molecular complexity index is 516. The Morgan fingerprint density at radius 2 is 2.33 bits per heavy atom. The zero-order valence-electron chi connectivity index (χ0n) is 10.3. The minimum Gasteiger partial charge on any atom is -0.480 e. The first-order valence-electron chi connectivity index (χ1n) is 5.48. The maximum Gasteiger partial charge on any atom is 0.229 e. The van der Waals surface area contributed by atoms with Gasteiger partial charge in [0.05, 0.1) is 19.4 Å². The molecule has 2 aromatic rings. The second kappa shape index (κ2) is 5.79. The zero-order chi connectivity index (χ0) is 13.0. The molecule has 0 saturated carbocycles. The molecular weight excluding hydrogens is 250 g/mol. The monoisotopic (exact) mass is 265 g/mol. The lowest BCUT2D eigenvalue weighted by atomic mass is 10.2.